The molecular formula is C51H45N2NaO8S. The number of carboxylic acids is 2. The van der Waals surface area contributed by atoms with Gasteiger partial charge in [0, 0.05) is 15.6 Å². The molecule has 0 aliphatic rings. The summed E-state index contributed by atoms with van der Waals surface area (Å²) in [7, 11) is 0. The van der Waals surface area contributed by atoms with Gasteiger partial charge in [-0.05, 0) is 97.8 Å². The first-order chi connectivity index (χ1) is 30.0. The fourth-order valence-corrected chi connectivity index (χ4v) is 8.40. The van der Waals surface area contributed by atoms with Crippen molar-refractivity contribution in [2.24, 2.45) is 0 Å². The van der Waals surface area contributed by atoms with Gasteiger partial charge in [0.1, 0.15) is 36.0 Å². The molecule has 0 saturated heterocycles. The molecule has 10 nitrogen and oxygen atoms in total. The number of carbonyl (C=O) groups is 2. The number of furan rings is 1. The van der Waals surface area contributed by atoms with Gasteiger partial charge in [-0.1, -0.05) is 92.2 Å². The number of nitrogens with zero attached hydrogens (tertiary/aromatic N) is 2. The van der Waals surface area contributed by atoms with Crippen LogP contribution < -0.4 is 44.1 Å². The second kappa shape index (κ2) is 20.4. The van der Waals surface area contributed by atoms with Crippen LogP contribution in [0.1, 0.15) is 62.4 Å². The number of rotatable bonds is 10. The van der Waals surface area contributed by atoms with E-state index in [1.165, 1.54) is 11.6 Å². The van der Waals surface area contributed by atoms with Crippen LogP contribution in [0, 0.1) is 27.7 Å². The van der Waals surface area contributed by atoms with Gasteiger partial charge in [0.15, 0.2) is 5.76 Å². The minimum absolute atomic E-state index is 0. The molecule has 0 spiro atoms. The van der Waals surface area contributed by atoms with Gasteiger partial charge in [0.05, 0.1) is 50.5 Å². The van der Waals surface area contributed by atoms with Crippen LogP contribution in [0.4, 0.5) is 0 Å². The van der Waals surface area contributed by atoms with Crippen molar-refractivity contribution in [3.05, 3.63) is 154 Å². The summed E-state index contributed by atoms with van der Waals surface area (Å²) in [5.41, 5.74) is 8.09. The number of pyridine rings is 2. The Morgan fingerprint density at radius 2 is 1.33 bits per heavy atom. The first-order valence-corrected chi connectivity index (χ1v) is 21.0. The maximum atomic E-state index is 12.2. The molecule has 314 valence electrons. The molecule has 4 aromatic heterocycles. The largest absolute Gasteiger partial charge is 1.00 e. The fourth-order valence-electron chi connectivity index (χ4n) is 7.23. The van der Waals surface area contributed by atoms with E-state index >= 15 is 0 Å². The van der Waals surface area contributed by atoms with Crippen molar-refractivity contribution in [3.63, 3.8) is 0 Å². The summed E-state index contributed by atoms with van der Waals surface area (Å²) in [6, 6.07) is 36.0. The summed E-state index contributed by atoms with van der Waals surface area (Å²) in [6.07, 6.45) is 0. The van der Waals surface area contributed by atoms with Gasteiger partial charge in [-0.25, -0.2) is 14.8 Å². The number of benzene rings is 5. The molecular weight excluding hydrogens is 824 g/mol. The molecule has 9 rings (SSSR count). The van der Waals surface area contributed by atoms with Crippen molar-refractivity contribution in [2.75, 3.05) is 13.2 Å². The number of aliphatic hydroxyl groups is 1. The van der Waals surface area contributed by atoms with Gasteiger partial charge in [-0.2, -0.15) is 0 Å². The summed E-state index contributed by atoms with van der Waals surface area (Å²) < 4.78 is 18.6. The first-order valence-electron chi connectivity index (χ1n) is 20.2. The normalized spacial score (nSPS) is 10.8. The maximum absolute atomic E-state index is 12.2. The zero-order valence-corrected chi connectivity index (χ0v) is 39.1. The van der Waals surface area contributed by atoms with Crippen molar-refractivity contribution in [3.8, 4) is 33.5 Å². The van der Waals surface area contributed by atoms with Crippen LogP contribution in [0.15, 0.2) is 120 Å². The number of ether oxygens (including phenoxy) is 2. The molecule has 9 aromatic rings. The van der Waals surface area contributed by atoms with E-state index in [4.69, 9.17) is 24.0 Å². The maximum Gasteiger partial charge on any atom is 1.00 e. The number of aromatic carboxylic acids is 2. The van der Waals surface area contributed by atoms with Gasteiger partial charge in [0.2, 0.25) is 0 Å². The van der Waals surface area contributed by atoms with Crippen LogP contribution in [0.25, 0.3) is 64.9 Å². The minimum atomic E-state index is -1.24. The standard InChI is InChI=1S/C28H23NO3S.C21H17NO5.C2H6.Na/c1-16-8-11-19(12-9-16)15-32-23-13-10-17(2)26-25(23)21(28(30)31)14-22(29-26)27-18(3)20-6-4-5-7-24(20)33-27;1-12-6-7-17(26-9-8-23)19-14(21(24)25)11-15(22-20(12)19)18-10-13-4-2-3-5-16(13)27-18;1-2;/h4-14H,15H2,1-3H3,(H,30,31);2-7,10-11,23H,8-9H2,1H3,(H,24,25);1-2H3;/q;;;+1/p-1. The molecule has 0 radical (unpaired) electrons. The number of carbonyl (C=O) groups excluding carboxylic acids is 1. The van der Waals surface area contributed by atoms with Crippen LogP contribution in [0.5, 0.6) is 11.5 Å². The van der Waals surface area contributed by atoms with E-state index in [2.05, 4.69) is 17.1 Å². The van der Waals surface area contributed by atoms with E-state index in [1.54, 1.807) is 23.5 Å². The summed E-state index contributed by atoms with van der Waals surface area (Å²) in [5.74, 6) is -0.956. The summed E-state index contributed by atoms with van der Waals surface area (Å²) in [5, 5.41) is 34.0. The van der Waals surface area contributed by atoms with E-state index in [0.717, 1.165) is 42.6 Å². The van der Waals surface area contributed by atoms with Crippen molar-refractivity contribution < 1.29 is 68.4 Å². The number of fused-ring (bicyclic) bond motifs is 4. The smallest absolute Gasteiger partial charge is 0.545 e. The molecule has 0 unspecified atom stereocenters. The third kappa shape index (κ3) is 9.78. The monoisotopic (exact) mass is 868 g/mol. The quantitative estimate of drug-likeness (QED) is 0.129. The number of aromatic nitrogens is 2. The Bertz CT molecular complexity index is 3070. The van der Waals surface area contributed by atoms with E-state index in [1.807, 2.05) is 126 Å². The third-order valence-electron chi connectivity index (χ3n) is 10.3. The number of hydrogen-bond donors (Lipinski definition) is 2. The Morgan fingerprint density at radius 1 is 0.730 bits per heavy atom. The van der Waals surface area contributed by atoms with E-state index < -0.39 is 11.9 Å². The van der Waals surface area contributed by atoms with Crippen LogP contribution in [0.3, 0.4) is 0 Å². The SMILES string of the molecule is CC.Cc1ccc(COc2ccc(C)c3nc(-c4sc5ccccc5c4C)cc(C(=O)[O-])c23)cc1.Cc1ccc(OCCO)c2c(C(=O)O)cc(-c3cc4ccccc4o3)nc12.[Na+]. The van der Waals surface area contributed by atoms with Gasteiger partial charge >= 0.3 is 35.5 Å². The van der Waals surface area contributed by atoms with Crippen LogP contribution in [-0.4, -0.2) is 45.3 Å². The van der Waals surface area contributed by atoms with E-state index in [-0.39, 0.29) is 53.9 Å². The third-order valence-corrected chi connectivity index (χ3v) is 11.6. The number of carboxylic acid groups (broad SMARTS) is 2. The number of aliphatic hydroxyl groups excluding tert-OH is 1. The molecule has 0 saturated carbocycles. The molecule has 2 N–H and O–H groups in total. The first kappa shape index (κ1) is 46.4. The minimum Gasteiger partial charge on any atom is -0.545 e. The second-order valence-electron chi connectivity index (χ2n) is 14.5. The fraction of sp³-hybridized carbons (Fsp3) is 0.176. The Labute approximate surface area is 391 Å². The number of aryl methyl sites for hydroxylation is 4. The summed E-state index contributed by atoms with van der Waals surface area (Å²) >= 11 is 1.62. The second-order valence-corrected chi connectivity index (χ2v) is 15.5. The predicted molar refractivity (Wildman–Crippen MR) is 244 cm³/mol. The number of thiophene rings is 1. The molecule has 5 aromatic carbocycles. The molecule has 12 heteroatoms. The number of hydrogen-bond acceptors (Lipinski definition) is 10. The molecule has 0 atom stereocenters. The van der Waals surface area contributed by atoms with Gasteiger partial charge in [0.25, 0.3) is 0 Å². The Morgan fingerprint density at radius 3 is 1.97 bits per heavy atom. The average molecular weight is 869 g/mol. The molecule has 0 fully saturated rings. The number of para-hydroxylation sites is 1. The van der Waals surface area contributed by atoms with Crippen molar-refractivity contribution >= 4 is 66.1 Å². The van der Waals surface area contributed by atoms with Gasteiger partial charge in [-0.3, -0.25) is 0 Å². The predicted octanol–water partition coefficient (Wildman–Crippen LogP) is 8.04. The molecule has 63 heavy (non-hydrogen) atoms. The molecule has 0 aliphatic heterocycles. The summed E-state index contributed by atoms with van der Waals surface area (Å²) in [4.78, 5) is 34.7. The molecule has 0 bridgehead atoms. The molecule has 4 heterocycles. The van der Waals surface area contributed by atoms with Gasteiger partial charge < -0.3 is 34.0 Å². The van der Waals surface area contributed by atoms with Gasteiger partial charge in [-0.15, -0.1) is 11.3 Å². The summed E-state index contributed by atoms with van der Waals surface area (Å²) in [6.45, 7) is 12.1. The molecule has 0 amide bonds. The van der Waals surface area contributed by atoms with E-state index in [0.29, 0.717) is 62.6 Å². The van der Waals surface area contributed by atoms with Crippen LogP contribution in [0.2, 0.25) is 0 Å². The van der Waals surface area contributed by atoms with Crippen molar-refractivity contribution in [2.45, 2.75) is 48.1 Å². The zero-order chi connectivity index (χ0) is 44.1. The van der Waals surface area contributed by atoms with Crippen LogP contribution in [-0.2, 0) is 6.61 Å². The average Bonchev–Trinajstić information content (AvgIpc) is 3.88. The Balaban J connectivity index is 0.000000202. The zero-order valence-electron chi connectivity index (χ0n) is 36.2. The Hall–Kier alpha value is -6.08. The topological polar surface area (TPSA) is 155 Å². The molecule has 0 aliphatic carbocycles. The van der Waals surface area contributed by atoms with E-state index in [9.17, 15) is 19.8 Å². The van der Waals surface area contributed by atoms with Crippen molar-refractivity contribution in [1.29, 1.82) is 0 Å². The van der Waals surface area contributed by atoms with Crippen LogP contribution >= 0.6 is 11.3 Å². The van der Waals surface area contributed by atoms with Crippen molar-refractivity contribution in [1.82, 2.24) is 9.97 Å². The Kier molecular flexibility index (Phi) is 15.0.